The molecule has 0 saturated heterocycles. The van der Waals surface area contributed by atoms with Crippen LogP contribution in [0.4, 0.5) is 10.1 Å². The van der Waals surface area contributed by atoms with Crippen molar-refractivity contribution >= 4 is 11.6 Å². The Labute approximate surface area is 100 Å². The fourth-order valence-electron chi connectivity index (χ4n) is 2.90. The van der Waals surface area contributed by atoms with Crippen molar-refractivity contribution in [3.8, 4) is 0 Å². The third kappa shape index (κ3) is 2.06. The summed E-state index contributed by atoms with van der Waals surface area (Å²) in [4.78, 5) is 12.0. The van der Waals surface area contributed by atoms with Crippen LogP contribution in [0, 0.1) is 30.5 Å². The quantitative estimate of drug-likeness (QED) is 0.835. The van der Waals surface area contributed by atoms with E-state index in [-0.39, 0.29) is 17.6 Å². The number of benzene rings is 1. The maximum atomic E-state index is 13.1. The van der Waals surface area contributed by atoms with E-state index in [4.69, 9.17) is 0 Å². The van der Waals surface area contributed by atoms with Gasteiger partial charge in [-0.15, -0.1) is 0 Å². The van der Waals surface area contributed by atoms with Crippen LogP contribution in [0.3, 0.4) is 0 Å². The van der Waals surface area contributed by atoms with Crippen molar-refractivity contribution in [1.29, 1.82) is 0 Å². The molecule has 0 spiro atoms. The summed E-state index contributed by atoms with van der Waals surface area (Å²) in [6.45, 7) is 1.70. The number of nitrogens with one attached hydrogen (secondary N) is 1. The first kappa shape index (κ1) is 10.8. The normalized spacial score (nSPS) is 29.9. The van der Waals surface area contributed by atoms with Gasteiger partial charge in [-0.3, -0.25) is 4.79 Å². The van der Waals surface area contributed by atoms with Crippen molar-refractivity contribution < 1.29 is 9.18 Å². The molecule has 2 atom stereocenters. The number of halogens is 1. The summed E-state index contributed by atoms with van der Waals surface area (Å²) in [6.07, 6.45) is 3.40. The third-order valence-electron chi connectivity index (χ3n) is 4.04. The van der Waals surface area contributed by atoms with Crippen molar-refractivity contribution in [2.75, 3.05) is 5.32 Å². The molecule has 3 heteroatoms. The first-order valence-electron chi connectivity index (χ1n) is 6.20. The van der Waals surface area contributed by atoms with Crippen molar-refractivity contribution in [2.45, 2.75) is 26.2 Å². The monoisotopic (exact) mass is 233 g/mol. The molecule has 2 unspecified atom stereocenters. The molecule has 2 fully saturated rings. The number of hydrogen-bond acceptors (Lipinski definition) is 1. The summed E-state index contributed by atoms with van der Waals surface area (Å²) in [7, 11) is 0. The summed E-state index contributed by atoms with van der Waals surface area (Å²) in [5.74, 6) is 1.65. The molecule has 2 nitrogen and oxygen atoms in total. The molecule has 0 heterocycles. The van der Waals surface area contributed by atoms with Crippen molar-refractivity contribution in [1.82, 2.24) is 0 Å². The lowest BCUT2D eigenvalue weighted by molar-refractivity contribution is -0.120. The van der Waals surface area contributed by atoms with Gasteiger partial charge >= 0.3 is 0 Å². The second kappa shape index (κ2) is 3.83. The Bertz CT molecular complexity index is 461. The summed E-state index contributed by atoms with van der Waals surface area (Å²) in [6, 6.07) is 4.70. The van der Waals surface area contributed by atoms with E-state index < -0.39 is 0 Å². The van der Waals surface area contributed by atoms with Crippen LogP contribution in [0.5, 0.6) is 0 Å². The highest BCUT2D eigenvalue weighted by Gasteiger charge is 2.47. The van der Waals surface area contributed by atoms with Crippen LogP contribution in [-0.2, 0) is 4.79 Å². The van der Waals surface area contributed by atoms with E-state index in [1.807, 2.05) is 0 Å². The smallest absolute Gasteiger partial charge is 0.227 e. The van der Waals surface area contributed by atoms with Gasteiger partial charge in [0.25, 0.3) is 0 Å². The largest absolute Gasteiger partial charge is 0.326 e. The SMILES string of the molecule is Cc1cc(NC(=O)C2CC3CC3C2)ccc1F. The molecule has 2 aliphatic rings. The van der Waals surface area contributed by atoms with Gasteiger partial charge in [0.2, 0.25) is 5.91 Å². The molecule has 2 saturated carbocycles. The minimum atomic E-state index is -0.231. The van der Waals surface area contributed by atoms with E-state index in [2.05, 4.69) is 5.32 Å². The molecular formula is C14H16FNO. The second-order valence-electron chi connectivity index (χ2n) is 5.38. The van der Waals surface area contributed by atoms with Gasteiger partial charge in [0.05, 0.1) is 0 Å². The second-order valence-corrected chi connectivity index (χ2v) is 5.38. The maximum absolute atomic E-state index is 13.1. The topological polar surface area (TPSA) is 29.1 Å². The number of carbonyl (C=O) groups is 1. The summed E-state index contributed by atoms with van der Waals surface area (Å²) in [5.41, 5.74) is 1.27. The Morgan fingerprint density at radius 3 is 2.65 bits per heavy atom. The van der Waals surface area contributed by atoms with Gasteiger partial charge in [-0.05, 0) is 61.8 Å². The van der Waals surface area contributed by atoms with Gasteiger partial charge in [0, 0.05) is 11.6 Å². The average molecular weight is 233 g/mol. The molecule has 1 amide bonds. The Morgan fingerprint density at radius 1 is 1.29 bits per heavy atom. The minimum Gasteiger partial charge on any atom is -0.326 e. The number of fused-ring (bicyclic) bond motifs is 1. The highest BCUT2D eigenvalue weighted by Crippen LogP contribution is 2.54. The Kier molecular flexibility index (Phi) is 2.42. The molecule has 0 aromatic heterocycles. The van der Waals surface area contributed by atoms with E-state index in [0.717, 1.165) is 24.7 Å². The van der Waals surface area contributed by atoms with E-state index in [9.17, 15) is 9.18 Å². The zero-order valence-electron chi connectivity index (χ0n) is 9.87. The Balaban J connectivity index is 1.65. The van der Waals surface area contributed by atoms with Crippen LogP contribution in [-0.4, -0.2) is 5.91 Å². The third-order valence-corrected chi connectivity index (χ3v) is 4.04. The fraction of sp³-hybridized carbons (Fsp3) is 0.500. The number of carbonyl (C=O) groups excluding carboxylic acids is 1. The molecule has 0 aliphatic heterocycles. The van der Waals surface area contributed by atoms with E-state index in [1.54, 1.807) is 19.1 Å². The van der Waals surface area contributed by atoms with Gasteiger partial charge < -0.3 is 5.32 Å². The molecular weight excluding hydrogens is 217 g/mol. The van der Waals surface area contributed by atoms with Crippen LogP contribution < -0.4 is 5.32 Å². The van der Waals surface area contributed by atoms with E-state index in [1.165, 1.54) is 12.5 Å². The van der Waals surface area contributed by atoms with Crippen LogP contribution in [0.15, 0.2) is 18.2 Å². The molecule has 2 aliphatic carbocycles. The minimum absolute atomic E-state index is 0.100. The van der Waals surface area contributed by atoms with Gasteiger partial charge in [0.1, 0.15) is 5.82 Å². The predicted molar refractivity (Wildman–Crippen MR) is 64.1 cm³/mol. The molecule has 0 bridgehead atoms. The molecule has 3 rings (SSSR count). The lowest BCUT2D eigenvalue weighted by Gasteiger charge is -2.12. The first-order chi connectivity index (χ1) is 8.13. The number of hydrogen-bond donors (Lipinski definition) is 1. The lowest BCUT2D eigenvalue weighted by Crippen LogP contribution is -2.21. The summed E-state index contributed by atoms with van der Waals surface area (Å²) < 4.78 is 13.1. The number of amides is 1. The first-order valence-corrected chi connectivity index (χ1v) is 6.20. The molecule has 0 radical (unpaired) electrons. The zero-order chi connectivity index (χ0) is 12.0. The summed E-state index contributed by atoms with van der Waals surface area (Å²) >= 11 is 0. The molecule has 1 aromatic carbocycles. The van der Waals surface area contributed by atoms with Gasteiger partial charge in [-0.2, -0.15) is 0 Å². The number of rotatable bonds is 2. The standard InChI is InChI=1S/C14H16FNO/c1-8-4-12(2-3-13(8)15)16-14(17)11-6-9-5-10(9)7-11/h2-4,9-11H,5-7H2,1H3,(H,16,17). The number of anilines is 1. The molecule has 90 valence electrons. The van der Waals surface area contributed by atoms with Crippen molar-refractivity contribution in [3.63, 3.8) is 0 Å². The van der Waals surface area contributed by atoms with Gasteiger partial charge in [0.15, 0.2) is 0 Å². The maximum Gasteiger partial charge on any atom is 0.227 e. The lowest BCUT2D eigenvalue weighted by atomic mass is 10.0. The predicted octanol–water partition coefficient (Wildman–Crippen LogP) is 3.12. The van der Waals surface area contributed by atoms with Gasteiger partial charge in [-0.1, -0.05) is 0 Å². The van der Waals surface area contributed by atoms with Crippen LogP contribution in [0.25, 0.3) is 0 Å². The van der Waals surface area contributed by atoms with Crippen molar-refractivity contribution in [2.24, 2.45) is 17.8 Å². The van der Waals surface area contributed by atoms with Crippen molar-refractivity contribution in [3.05, 3.63) is 29.6 Å². The van der Waals surface area contributed by atoms with Crippen LogP contribution in [0.1, 0.15) is 24.8 Å². The Morgan fingerprint density at radius 2 is 2.00 bits per heavy atom. The highest BCUT2D eigenvalue weighted by molar-refractivity contribution is 5.92. The van der Waals surface area contributed by atoms with E-state index >= 15 is 0 Å². The molecule has 1 aromatic rings. The molecule has 1 N–H and O–H groups in total. The zero-order valence-corrected chi connectivity index (χ0v) is 9.87. The summed E-state index contributed by atoms with van der Waals surface area (Å²) in [5, 5.41) is 2.89. The average Bonchev–Trinajstić information content (AvgIpc) is 2.91. The van der Waals surface area contributed by atoms with E-state index in [0.29, 0.717) is 11.3 Å². The van der Waals surface area contributed by atoms with Gasteiger partial charge in [-0.25, -0.2) is 4.39 Å². The Hall–Kier alpha value is -1.38. The van der Waals surface area contributed by atoms with Crippen LogP contribution in [0.2, 0.25) is 0 Å². The molecule has 17 heavy (non-hydrogen) atoms. The highest BCUT2D eigenvalue weighted by atomic mass is 19.1. The fourth-order valence-corrected chi connectivity index (χ4v) is 2.90. The number of aryl methyl sites for hydroxylation is 1. The van der Waals surface area contributed by atoms with Crippen LogP contribution >= 0.6 is 0 Å².